The number of nitrogens with zero attached hydrogens (tertiary/aromatic N) is 1. The van der Waals surface area contributed by atoms with Gasteiger partial charge < -0.3 is 10.5 Å². The first-order valence-corrected chi connectivity index (χ1v) is 6.56. The lowest BCUT2D eigenvalue weighted by molar-refractivity contribution is 0.0631. The largest absolute Gasteiger partial charge is 0.381 e. The summed E-state index contributed by atoms with van der Waals surface area (Å²) in [7, 11) is 0. The Hall–Kier alpha value is -0.590. The van der Waals surface area contributed by atoms with Crippen molar-refractivity contribution in [2.24, 2.45) is 11.7 Å². The molecule has 2 N–H and O–H groups in total. The van der Waals surface area contributed by atoms with E-state index in [0.29, 0.717) is 0 Å². The summed E-state index contributed by atoms with van der Waals surface area (Å²) in [5.41, 5.74) is 5.50. The normalized spacial score (nSPS) is 17.0. The van der Waals surface area contributed by atoms with E-state index in [1.807, 2.05) is 27.7 Å². The van der Waals surface area contributed by atoms with E-state index in [9.17, 15) is 0 Å². The molecular weight excluding hydrogens is 200 g/mol. The standard InChI is InChI=1S/C9H16N2O.2C2H6/c10-7-9(11)2-1-8-3-5-12-6-4-8;2*1-2/h8-9H,1-6,11H2;2*1-2H3. The van der Waals surface area contributed by atoms with Gasteiger partial charge in [0, 0.05) is 13.2 Å². The summed E-state index contributed by atoms with van der Waals surface area (Å²) >= 11 is 0. The van der Waals surface area contributed by atoms with Crippen LogP contribution in [0.15, 0.2) is 0 Å². The van der Waals surface area contributed by atoms with Crippen LogP contribution in [0.2, 0.25) is 0 Å². The minimum Gasteiger partial charge on any atom is -0.381 e. The highest BCUT2D eigenvalue weighted by Crippen LogP contribution is 2.20. The van der Waals surface area contributed by atoms with Gasteiger partial charge in [0.2, 0.25) is 0 Å². The highest BCUT2D eigenvalue weighted by Gasteiger charge is 2.14. The van der Waals surface area contributed by atoms with E-state index in [-0.39, 0.29) is 6.04 Å². The minimum atomic E-state index is -0.271. The van der Waals surface area contributed by atoms with E-state index in [4.69, 9.17) is 15.7 Å². The van der Waals surface area contributed by atoms with Gasteiger partial charge in [-0.2, -0.15) is 5.26 Å². The van der Waals surface area contributed by atoms with Gasteiger partial charge in [-0.05, 0) is 31.6 Å². The number of hydrogen-bond donors (Lipinski definition) is 1. The Morgan fingerprint density at radius 1 is 1.25 bits per heavy atom. The minimum absolute atomic E-state index is 0.271. The smallest absolute Gasteiger partial charge is 0.0928 e. The van der Waals surface area contributed by atoms with Crippen LogP contribution in [0.1, 0.15) is 53.4 Å². The van der Waals surface area contributed by atoms with Crippen molar-refractivity contribution in [2.45, 2.75) is 59.4 Å². The van der Waals surface area contributed by atoms with Crippen molar-refractivity contribution in [2.75, 3.05) is 13.2 Å². The molecule has 0 radical (unpaired) electrons. The number of rotatable bonds is 3. The molecule has 0 spiro atoms. The summed E-state index contributed by atoms with van der Waals surface area (Å²) < 4.78 is 5.24. The van der Waals surface area contributed by atoms with E-state index in [1.54, 1.807) is 0 Å². The quantitative estimate of drug-likeness (QED) is 0.807. The van der Waals surface area contributed by atoms with Gasteiger partial charge in [0.25, 0.3) is 0 Å². The van der Waals surface area contributed by atoms with Crippen molar-refractivity contribution < 1.29 is 4.74 Å². The van der Waals surface area contributed by atoms with E-state index >= 15 is 0 Å². The fourth-order valence-corrected chi connectivity index (χ4v) is 1.51. The fraction of sp³-hybridized carbons (Fsp3) is 0.923. The number of ether oxygens (including phenoxy) is 1. The molecule has 1 fully saturated rings. The van der Waals surface area contributed by atoms with Crippen molar-refractivity contribution in [3.8, 4) is 6.07 Å². The van der Waals surface area contributed by atoms with Crippen LogP contribution in [0.25, 0.3) is 0 Å². The second kappa shape index (κ2) is 14.4. The molecule has 1 aliphatic rings. The van der Waals surface area contributed by atoms with Gasteiger partial charge >= 0.3 is 0 Å². The van der Waals surface area contributed by atoms with Crippen LogP contribution in [-0.4, -0.2) is 19.3 Å². The Morgan fingerprint density at radius 3 is 2.19 bits per heavy atom. The van der Waals surface area contributed by atoms with E-state index < -0.39 is 0 Å². The average molecular weight is 228 g/mol. The van der Waals surface area contributed by atoms with Crippen molar-refractivity contribution in [3.05, 3.63) is 0 Å². The highest BCUT2D eigenvalue weighted by atomic mass is 16.5. The molecule has 16 heavy (non-hydrogen) atoms. The second-order valence-corrected chi connectivity index (χ2v) is 3.37. The van der Waals surface area contributed by atoms with E-state index in [1.165, 1.54) is 0 Å². The molecule has 1 atom stereocenters. The number of hydrogen-bond acceptors (Lipinski definition) is 3. The summed E-state index contributed by atoms with van der Waals surface area (Å²) in [4.78, 5) is 0. The third kappa shape index (κ3) is 9.95. The third-order valence-corrected chi connectivity index (χ3v) is 2.39. The van der Waals surface area contributed by atoms with Crippen LogP contribution < -0.4 is 5.73 Å². The van der Waals surface area contributed by atoms with Gasteiger partial charge in [-0.1, -0.05) is 27.7 Å². The Kier molecular flexibility index (Phi) is 16.0. The first kappa shape index (κ1) is 17.8. The third-order valence-electron chi connectivity index (χ3n) is 2.39. The Balaban J connectivity index is 0. The lowest BCUT2D eigenvalue weighted by atomic mass is 9.93. The maximum atomic E-state index is 8.46. The topological polar surface area (TPSA) is 59.0 Å². The van der Waals surface area contributed by atoms with Crippen molar-refractivity contribution in [3.63, 3.8) is 0 Å². The van der Waals surface area contributed by atoms with Crippen molar-refractivity contribution in [1.82, 2.24) is 0 Å². The number of nitriles is 1. The lowest BCUT2D eigenvalue weighted by Gasteiger charge is -2.21. The zero-order valence-corrected chi connectivity index (χ0v) is 11.3. The second-order valence-electron chi connectivity index (χ2n) is 3.37. The van der Waals surface area contributed by atoms with Gasteiger partial charge in [-0.25, -0.2) is 0 Å². The molecule has 1 aliphatic heterocycles. The molecule has 3 heteroatoms. The summed E-state index contributed by atoms with van der Waals surface area (Å²) in [5, 5.41) is 8.46. The molecule has 0 saturated carbocycles. The maximum absolute atomic E-state index is 8.46. The summed E-state index contributed by atoms with van der Waals surface area (Å²) in [5.74, 6) is 0.734. The molecule has 0 bridgehead atoms. The van der Waals surface area contributed by atoms with Crippen LogP contribution >= 0.6 is 0 Å². The van der Waals surface area contributed by atoms with Gasteiger partial charge in [-0.3, -0.25) is 0 Å². The summed E-state index contributed by atoms with van der Waals surface area (Å²) in [6.45, 7) is 9.76. The van der Waals surface area contributed by atoms with Gasteiger partial charge in [-0.15, -0.1) is 0 Å². The Bertz CT molecular complexity index is 160. The van der Waals surface area contributed by atoms with E-state index in [2.05, 4.69) is 6.07 Å². The number of nitrogens with two attached hydrogens (primary N) is 1. The molecule has 3 nitrogen and oxygen atoms in total. The predicted octanol–water partition coefficient (Wildman–Crippen LogP) is 3.10. The molecule has 96 valence electrons. The van der Waals surface area contributed by atoms with Crippen LogP contribution in [0.3, 0.4) is 0 Å². The van der Waals surface area contributed by atoms with Crippen LogP contribution in [0, 0.1) is 17.2 Å². The van der Waals surface area contributed by atoms with Crippen LogP contribution in [0.5, 0.6) is 0 Å². The summed E-state index contributed by atoms with van der Waals surface area (Å²) in [6.07, 6.45) is 4.19. The average Bonchev–Trinajstić information content (AvgIpc) is 2.41. The van der Waals surface area contributed by atoms with Crippen molar-refractivity contribution >= 4 is 0 Å². The first-order chi connectivity index (χ1) is 7.83. The SMILES string of the molecule is CC.CC.N#CC(N)CCC1CCOCC1. The monoisotopic (exact) mass is 228 g/mol. The predicted molar refractivity (Wildman–Crippen MR) is 69.1 cm³/mol. The highest BCUT2D eigenvalue weighted by molar-refractivity contribution is 4.86. The first-order valence-electron chi connectivity index (χ1n) is 6.56. The molecule has 1 rings (SSSR count). The Labute approximate surface area is 101 Å². The molecule has 0 amide bonds. The lowest BCUT2D eigenvalue weighted by Crippen LogP contribution is -2.21. The Morgan fingerprint density at radius 2 is 1.75 bits per heavy atom. The van der Waals surface area contributed by atoms with Gasteiger partial charge in [0.05, 0.1) is 12.1 Å². The van der Waals surface area contributed by atoms with Crippen LogP contribution in [-0.2, 0) is 4.74 Å². The molecule has 1 saturated heterocycles. The molecule has 1 unspecified atom stereocenters. The zero-order valence-electron chi connectivity index (χ0n) is 11.3. The molecule has 0 aromatic rings. The fourth-order valence-electron chi connectivity index (χ4n) is 1.51. The summed E-state index contributed by atoms with van der Waals surface area (Å²) in [6, 6.07) is 1.78. The maximum Gasteiger partial charge on any atom is 0.0928 e. The molecule has 0 aromatic carbocycles. The van der Waals surface area contributed by atoms with E-state index in [0.717, 1.165) is 44.8 Å². The molecule has 1 heterocycles. The van der Waals surface area contributed by atoms with Crippen molar-refractivity contribution in [1.29, 1.82) is 5.26 Å². The van der Waals surface area contributed by atoms with Gasteiger partial charge in [0.1, 0.15) is 0 Å². The molecule has 0 aliphatic carbocycles. The van der Waals surface area contributed by atoms with Crippen LogP contribution in [0.4, 0.5) is 0 Å². The molecule has 0 aromatic heterocycles. The molecular formula is C13H28N2O. The zero-order chi connectivity index (χ0) is 12.8. The van der Waals surface area contributed by atoms with Gasteiger partial charge in [0.15, 0.2) is 0 Å².